The molecule has 0 aliphatic carbocycles. The van der Waals surface area contributed by atoms with Gasteiger partial charge in [0.05, 0.1) is 13.7 Å². The number of carbonyl (C=O) groups excluding carboxylic acids is 3. The molecule has 3 amide bonds. The van der Waals surface area contributed by atoms with Crippen molar-refractivity contribution in [2.45, 2.75) is 117 Å². The van der Waals surface area contributed by atoms with Crippen molar-refractivity contribution < 1.29 is 23.9 Å². The Labute approximate surface area is 217 Å². The molecule has 0 aromatic heterocycles. The first-order chi connectivity index (χ1) is 17.2. The number of imide groups is 1. The molecule has 1 heterocycles. The lowest BCUT2D eigenvalue weighted by molar-refractivity contribution is -0.134. The number of methoxy groups -OCH3 is 1. The van der Waals surface area contributed by atoms with Crippen LogP contribution in [0.25, 0.3) is 0 Å². The van der Waals surface area contributed by atoms with Crippen LogP contribution in [0.5, 0.6) is 5.75 Å². The molecular weight excluding hydrogens is 456 g/mol. The molecule has 7 nitrogen and oxygen atoms in total. The van der Waals surface area contributed by atoms with E-state index in [0.29, 0.717) is 17.0 Å². The van der Waals surface area contributed by atoms with E-state index in [1.807, 2.05) is 0 Å². The maximum Gasteiger partial charge on any atom is 0.418 e. The van der Waals surface area contributed by atoms with E-state index in [4.69, 9.17) is 9.47 Å². The van der Waals surface area contributed by atoms with Crippen LogP contribution in [0.3, 0.4) is 0 Å². The Bertz CT molecular complexity index is 867. The molecule has 202 valence electrons. The Hall–Kier alpha value is -2.57. The Morgan fingerprint density at radius 3 is 2.11 bits per heavy atom. The van der Waals surface area contributed by atoms with Crippen molar-refractivity contribution in [1.82, 2.24) is 4.90 Å². The number of nitrogens with zero attached hydrogens (tertiary/aromatic N) is 1. The lowest BCUT2D eigenvalue weighted by Gasteiger charge is -2.19. The van der Waals surface area contributed by atoms with E-state index in [-0.39, 0.29) is 18.4 Å². The molecule has 1 aromatic rings. The zero-order valence-electron chi connectivity index (χ0n) is 23.0. The number of amides is 3. The molecular formula is C29H46N2O5. The summed E-state index contributed by atoms with van der Waals surface area (Å²) in [5.41, 5.74) is 0.0859. The third kappa shape index (κ3) is 8.82. The Balaban J connectivity index is 2.06. The normalized spacial score (nSPS) is 15.6. The molecule has 1 unspecified atom stereocenters. The van der Waals surface area contributed by atoms with Crippen molar-refractivity contribution in [2.24, 2.45) is 5.92 Å². The van der Waals surface area contributed by atoms with Crippen LogP contribution in [0, 0.1) is 5.92 Å². The Morgan fingerprint density at radius 2 is 1.56 bits per heavy atom. The summed E-state index contributed by atoms with van der Waals surface area (Å²) < 4.78 is 10.6. The SMILES string of the molecule is CCCCCCCCC(CCCCCC)C(=O)Nc1ccc(OC)c(CN2C(=O)OC(C)(C)C2=O)c1. The monoisotopic (exact) mass is 502 g/mol. The first kappa shape index (κ1) is 29.7. The molecule has 1 aromatic carbocycles. The van der Waals surface area contributed by atoms with Gasteiger partial charge in [0.15, 0.2) is 5.60 Å². The summed E-state index contributed by atoms with van der Waals surface area (Å²) in [6.07, 6.45) is 12.9. The standard InChI is InChI=1S/C29H46N2O5/c1-6-8-10-12-13-15-17-22(16-14-11-9-7-2)26(32)30-24-18-19-25(35-5)23(20-24)21-31-27(33)29(3,4)36-28(31)34/h18-20,22H,6-17,21H2,1-5H3,(H,30,32). The lowest BCUT2D eigenvalue weighted by atomic mass is 9.93. The van der Waals surface area contributed by atoms with Crippen molar-refractivity contribution in [3.63, 3.8) is 0 Å². The largest absolute Gasteiger partial charge is 0.496 e. The number of unbranched alkanes of at least 4 members (excludes halogenated alkanes) is 8. The molecule has 1 N–H and O–H groups in total. The van der Waals surface area contributed by atoms with Gasteiger partial charge in [0.1, 0.15) is 5.75 Å². The van der Waals surface area contributed by atoms with Crippen LogP contribution in [0.2, 0.25) is 0 Å². The number of hydrogen-bond acceptors (Lipinski definition) is 5. The minimum atomic E-state index is -1.18. The minimum absolute atomic E-state index is 0.0190. The number of carbonyl (C=O) groups is 3. The first-order valence-electron chi connectivity index (χ1n) is 13.8. The van der Waals surface area contributed by atoms with Gasteiger partial charge >= 0.3 is 6.09 Å². The number of cyclic esters (lactones) is 1. The van der Waals surface area contributed by atoms with Crippen molar-refractivity contribution >= 4 is 23.6 Å². The summed E-state index contributed by atoms with van der Waals surface area (Å²) in [6.45, 7) is 7.58. The summed E-state index contributed by atoms with van der Waals surface area (Å²) in [5.74, 6) is 0.167. The van der Waals surface area contributed by atoms with Gasteiger partial charge in [0, 0.05) is 17.2 Å². The van der Waals surface area contributed by atoms with E-state index in [0.717, 1.165) is 37.0 Å². The fourth-order valence-corrected chi connectivity index (χ4v) is 4.65. The maximum absolute atomic E-state index is 13.3. The maximum atomic E-state index is 13.3. The van der Waals surface area contributed by atoms with Crippen LogP contribution in [0.4, 0.5) is 10.5 Å². The second kappa shape index (κ2) is 14.9. The molecule has 0 bridgehead atoms. The van der Waals surface area contributed by atoms with E-state index in [9.17, 15) is 14.4 Å². The molecule has 1 saturated heterocycles. The fourth-order valence-electron chi connectivity index (χ4n) is 4.65. The molecule has 0 spiro atoms. The minimum Gasteiger partial charge on any atom is -0.496 e. The number of ether oxygens (including phenoxy) is 2. The molecule has 1 aliphatic heterocycles. The van der Waals surface area contributed by atoms with E-state index < -0.39 is 17.6 Å². The van der Waals surface area contributed by atoms with Crippen LogP contribution in [0.1, 0.15) is 110 Å². The van der Waals surface area contributed by atoms with Crippen molar-refractivity contribution in [2.75, 3.05) is 12.4 Å². The summed E-state index contributed by atoms with van der Waals surface area (Å²) >= 11 is 0. The van der Waals surface area contributed by atoms with Gasteiger partial charge in [-0.15, -0.1) is 0 Å². The summed E-state index contributed by atoms with van der Waals surface area (Å²) in [7, 11) is 1.54. The summed E-state index contributed by atoms with van der Waals surface area (Å²) in [5, 5.41) is 3.09. The highest BCUT2D eigenvalue weighted by molar-refractivity contribution is 6.02. The number of benzene rings is 1. The molecule has 7 heteroatoms. The van der Waals surface area contributed by atoms with Crippen LogP contribution in [0.15, 0.2) is 18.2 Å². The quantitative estimate of drug-likeness (QED) is 0.227. The third-order valence-corrected chi connectivity index (χ3v) is 6.88. The van der Waals surface area contributed by atoms with Gasteiger partial charge in [0.2, 0.25) is 5.91 Å². The molecule has 1 aliphatic rings. The lowest BCUT2D eigenvalue weighted by Crippen LogP contribution is -2.35. The van der Waals surface area contributed by atoms with Crippen molar-refractivity contribution in [3.8, 4) is 5.75 Å². The molecule has 0 radical (unpaired) electrons. The summed E-state index contributed by atoms with van der Waals surface area (Å²) in [4.78, 5) is 39.2. The molecule has 0 saturated carbocycles. The Morgan fingerprint density at radius 1 is 0.972 bits per heavy atom. The fraction of sp³-hybridized carbons (Fsp3) is 0.690. The van der Waals surface area contributed by atoms with Crippen LogP contribution in [-0.4, -0.2) is 35.5 Å². The third-order valence-electron chi connectivity index (χ3n) is 6.88. The van der Waals surface area contributed by atoms with Crippen molar-refractivity contribution in [3.05, 3.63) is 23.8 Å². The van der Waals surface area contributed by atoms with Gasteiger partial charge in [0.25, 0.3) is 5.91 Å². The van der Waals surface area contributed by atoms with Gasteiger partial charge in [-0.2, -0.15) is 0 Å². The molecule has 36 heavy (non-hydrogen) atoms. The second-order valence-electron chi connectivity index (χ2n) is 10.4. The van der Waals surface area contributed by atoms with Crippen LogP contribution >= 0.6 is 0 Å². The van der Waals surface area contributed by atoms with Crippen molar-refractivity contribution in [1.29, 1.82) is 0 Å². The molecule has 2 rings (SSSR count). The summed E-state index contributed by atoms with van der Waals surface area (Å²) in [6, 6.07) is 5.33. The highest BCUT2D eigenvalue weighted by Gasteiger charge is 2.47. The average Bonchev–Trinajstić information content (AvgIpc) is 3.04. The van der Waals surface area contributed by atoms with Crippen LogP contribution in [-0.2, 0) is 20.9 Å². The highest BCUT2D eigenvalue weighted by Crippen LogP contribution is 2.30. The molecule has 1 fully saturated rings. The number of hydrogen-bond donors (Lipinski definition) is 1. The first-order valence-corrected chi connectivity index (χ1v) is 13.8. The van der Waals surface area contributed by atoms with Gasteiger partial charge in [-0.05, 0) is 44.9 Å². The number of rotatable bonds is 17. The zero-order chi connectivity index (χ0) is 26.6. The zero-order valence-corrected chi connectivity index (χ0v) is 23.0. The van der Waals surface area contributed by atoms with Gasteiger partial charge < -0.3 is 14.8 Å². The second-order valence-corrected chi connectivity index (χ2v) is 10.4. The van der Waals surface area contributed by atoms with Gasteiger partial charge in [-0.25, -0.2) is 9.69 Å². The van der Waals surface area contributed by atoms with Gasteiger partial charge in [-0.1, -0.05) is 78.1 Å². The predicted molar refractivity (Wildman–Crippen MR) is 143 cm³/mol. The van der Waals surface area contributed by atoms with Crippen LogP contribution < -0.4 is 10.1 Å². The number of anilines is 1. The predicted octanol–water partition coefficient (Wildman–Crippen LogP) is 7.23. The van der Waals surface area contributed by atoms with Gasteiger partial charge in [-0.3, -0.25) is 9.59 Å². The molecule has 1 atom stereocenters. The highest BCUT2D eigenvalue weighted by atomic mass is 16.6. The van der Waals surface area contributed by atoms with E-state index in [1.54, 1.807) is 32.0 Å². The number of nitrogens with one attached hydrogen (secondary N) is 1. The average molecular weight is 503 g/mol. The van der Waals surface area contributed by atoms with E-state index in [2.05, 4.69) is 19.2 Å². The topological polar surface area (TPSA) is 84.9 Å². The van der Waals surface area contributed by atoms with E-state index in [1.165, 1.54) is 52.1 Å². The Kier molecular flexibility index (Phi) is 12.2. The van der Waals surface area contributed by atoms with E-state index >= 15 is 0 Å². The smallest absolute Gasteiger partial charge is 0.418 e.